The van der Waals surface area contributed by atoms with Gasteiger partial charge in [-0.1, -0.05) is 30.7 Å². The van der Waals surface area contributed by atoms with Crippen molar-refractivity contribution in [3.05, 3.63) is 93.8 Å². The molecule has 34 heavy (non-hydrogen) atoms. The maximum atomic E-state index is 14.0. The number of hydrogen-bond acceptors (Lipinski definition) is 3. The second-order valence-electron chi connectivity index (χ2n) is 7.82. The zero-order chi connectivity index (χ0) is 24.4. The van der Waals surface area contributed by atoms with E-state index in [-0.39, 0.29) is 29.7 Å². The van der Waals surface area contributed by atoms with E-state index in [2.05, 4.69) is 5.32 Å². The number of fused-ring (bicyclic) bond motifs is 1. The standard InChI is InChI=1S/C25H20ClF3N2O3/c1-2-21-25(33)31(12-14-6-7-16(27)11-18(14)26)13-15-10-17(8-9-22(15)34-21)30-24(32)23-19(28)4-3-5-20(23)29/h3-11,21H,2,12-13H2,1H3,(H,30,32)/t21-/m0/s1. The molecule has 2 amide bonds. The molecule has 0 fully saturated rings. The van der Waals surface area contributed by atoms with Crippen molar-refractivity contribution in [2.24, 2.45) is 0 Å². The van der Waals surface area contributed by atoms with Crippen molar-refractivity contribution in [3.63, 3.8) is 0 Å². The molecule has 5 nitrogen and oxygen atoms in total. The fraction of sp³-hybridized carbons (Fsp3) is 0.200. The molecule has 0 spiro atoms. The molecule has 0 radical (unpaired) electrons. The first-order valence-corrected chi connectivity index (χ1v) is 10.9. The average molecular weight is 489 g/mol. The normalized spacial score (nSPS) is 15.4. The minimum absolute atomic E-state index is 0.119. The van der Waals surface area contributed by atoms with Crippen LogP contribution in [0, 0.1) is 17.5 Å². The Morgan fingerprint density at radius 2 is 1.85 bits per heavy atom. The lowest BCUT2D eigenvalue weighted by Gasteiger charge is -2.23. The third kappa shape index (κ3) is 4.87. The van der Waals surface area contributed by atoms with Crippen molar-refractivity contribution in [1.29, 1.82) is 0 Å². The van der Waals surface area contributed by atoms with Gasteiger partial charge >= 0.3 is 0 Å². The first-order valence-electron chi connectivity index (χ1n) is 10.5. The van der Waals surface area contributed by atoms with Gasteiger partial charge in [-0.15, -0.1) is 0 Å². The van der Waals surface area contributed by atoms with Crippen LogP contribution in [-0.2, 0) is 17.9 Å². The van der Waals surface area contributed by atoms with Crippen LogP contribution in [0.2, 0.25) is 5.02 Å². The number of rotatable bonds is 5. The van der Waals surface area contributed by atoms with Gasteiger partial charge in [-0.25, -0.2) is 13.2 Å². The quantitative estimate of drug-likeness (QED) is 0.500. The van der Waals surface area contributed by atoms with Crippen molar-refractivity contribution in [3.8, 4) is 5.75 Å². The largest absolute Gasteiger partial charge is 0.480 e. The number of benzene rings is 3. The summed E-state index contributed by atoms with van der Waals surface area (Å²) in [5, 5.41) is 2.68. The number of carbonyl (C=O) groups is 2. The maximum Gasteiger partial charge on any atom is 0.264 e. The number of nitrogens with zero attached hydrogens (tertiary/aromatic N) is 1. The van der Waals surface area contributed by atoms with E-state index in [0.29, 0.717) is 23.3 Å². The predicted molar refractivity (Wildman–Crippen MR) is 121 cm³/mol. The molecule has 3 aromatic rings. The number of ether oxygens (including phenoxy) is 1. The molecule has 1 aliphatic rings. The van der Waals surface area contributed by atoms with Crippen molar-refractivity contribution in [2.45, 2.75) is 32.5 Å². The van der Waals surface area contributed by atoms with Crippen molar-refractivity contribution < 1.29 is 27.5 Å². The number of carbonyl (C=O) groups excluding carboxylic acids is 2. The van der Waals surface area contributed by atoms with Crippen molar-refractivity contribution >= 4 is 29.1 Å². The third-order valence-corrected chi connectivity index (χ3v) is 5.82. The third-order valence-electron chi connectivity index (χ3n) is 5.47. The lowest BCUT2D eigenvalue weighted by Crippen LogP contribution is -2.38. The van der Waals surface area contributed by atoms with Gasteiger partial charge < -0.3 is 15.0 Å². The molecule has 1 heterocycles. The van der Waals surface area contributed by atoms with Crippen LogP contribution in [0.25, 0.3) is 0 Å². The molecule has 0 aromatic heterocycles. The summed E-state index contributed by atoms with van der Waals surface area (Å²) in [5.41, 5.74) is 0.725. The van der Waals surface area contributed by atoms with E-state index in [1.54, 1.807) is 12.1 Å². The van der Waals surface area contributed by atoms with E-state index in [1.807, 2.05) is 6.92 Å². The average Bonchev–Trinajstić information content (AvgIpc) is 2.91. The van der Waals surface area contributed by atoms with Crippen LogP contribution in [0.3, 0.4) is 0 Å². The SMILES string of the molecule is CC[C@@H]1Oc2ccc(NC(=O)c3c(F)cccc3F)cc2CN(Cc2ccc(F)cc2Cl)C1=O. The maximum absolute atomic E-state index is 14.0. The van der Waals surface area contributed by atoms with Gasteiger partial charge in [-0.3, -0.25) is 9.59 Å². The molecule has 0 saturated carbocycles. The highest BCUT2D eigenvalue weighted by Crippen LogP contribution is 2.31. The molecule has 0 saturated heterocycles. The Morgan fingerprint density at radius 1 is 1.12 bits per heavy atom. The smallest absolute Gasteiger partial charge is 0.264 e. The topological polar surface area (TPSA) is 58.6 Å². The Labute approximate surface area is 199 Å². The highest BCUT2D eigenvalue weighted by Gasteiger charge is 2.30. The fourth-order valence-electron chi connectivity index (χ4n) is 3.74. The molecule has 1 N–H and O–H groups in total. The molecule has 0 bridgehead atoms. The van der Waals surface area contributed by atoms with E-state index in [0.717, 1.165) is 12.1 Å². The van der Waals surface area contributed by atoms with E-state index in [4.69, 9.17) is 16.3 Å². The second kappa shape index (κ2) is 9.77. The van der Waals surface area contributed by atoms with Crippen molar-refractivity contribution in [1.82, 2.24) is 4.90 Å². The molecule has 176 valence electrons. The monoisotopic (exact) mass is 488 g/mol. The molecule has 1 atom stereocenters. The minimum atomic E-state index is -0.977. The van der Waals surface area contributed by atoms with Gasteiger partial charge in [0.2, 0.25) is 0 Å². The molecular weight excluding hydrogens is 469 g/mol. The van der Waals surface area contributed by atoms with Crippen LogP contribution in [0.5, 0.6) is 5.75 Å². The number of amides is 2. The first kappa shape index (κ1) is 23.6. The predicted octanol–water partition coefficient (Wildman–Crippen LogP) is 5.71. The Bertz CT molecular complexity index is 1250. The Hall–Kier alpha value is -3.52. The summed E-state index contributed by atoms with van der Waals surface area (Å²) >= 11 is 6.16. The number of halogens is 4. The van der Waals surface area contributed by atoms with E-state index in [9.17, 15) is 22.8 Å². The zero-order valence-corrected chi connectivity index (χ0v) is 18.8. The highest BCUT2D eigenvalue weighted by atomic mass is 35.5. The Balaban J connectivity index is 1.62. The second-order valence-corrected chi connectivity index (χ2v) is 8.23. The molecule has 1 aliphatic heterocycles. The van der Waals surface area contributed by atoms with Crippen LogP contribution in [0.1, 0.15) is 34.8 Å². The summed E-state index contributed by atoms with van der Waals surface area (Å²) in [4.78, 5) is 27.1. The zero-order valence-electron chi connectivity index (χ0n) is 18.1. The van der Waals surface area contributed by atoms with Crippen LogP contribution >= 0.6 is 11.6 Å². The molecule has 0 unspecified atom stereocenters. The van der Waals surface area contributed by atoms with E-state index in [1.165, 1.54) is 35.2 Å². The molecule has 9 heteroatoms. The summed E-state index contributed by atoms with van der Waals surface area (Å²) in [6.45, 7) is 2.05. The lowest BCUT2D eigenvalue weighted by molar-refractivity contribution is -0.139. The van der Waals surface area contributed by atoms with Crippen LogP contribution in [-0.4, -0.2) is 22.8 Å². The van der Waals surface area contributed by atoms with Crippen LogP contribution in [0.15, 0.2) is 54.6 Å². The van der Waals surface area contributed by atoms with E-state index >= 15 is 0 Å². The molecule has 3 aromatic carbocycles. The number of anilines is 1. The fourth-order valence-corrected chi connectivity index (χ4v) is 3.97. The summed E-state index contributed by atoms with van der Waals surface area (Å²) in [6, 6.07) is 11.8. The van der Waals surface area contributed by atoms with Gasteiger partial charge in [0, 0.05) is 29.4 Å². The first-order chi connectivity index (χ1) is 16.3. The summed E-state index contributed by atoms with van der Waals surface area (Å²) in [5.74, 6) is -3.20. The lowest BCUT2D eigenvalue weighted by atomic mass is 10.1. The minimum Gasteiger partial charge on any atom is -0.480 e. The Kier molecular flexibility index (Phi) is 6.79. The van der Waals surface area contributed by atoms with Gasteiger partial charge in [-0.2, -0.15) is 0 Å². The van der Waals surface area contributed by atoms with Gasteiger partial charge in [0.15, 0.2) is 6.10 Å². The number of nitrogens with one attached hydrogen (secondary N) is 1. The van der Waals surface area contributed by atoms with Crippen LogP contribution < -0.4 is 10.1 Å². The van der Waals surface area contributed by atoms with Gasteiger partial charge in [0.25, 0.3) is 11.8 Å². The van der Waals surface area contributed by atoms with Gasteiger partial charge in [-0.05, 0) is 54.4 Å². The summed E-state index contributed by atoms with van der Waals surface area (Å²) in [6.07, 6.45) is -0.329. The van der Waals surface area contributed by atoms with Crippen LogP contribution in [0.4, 0.5) is 18.9 Å². The summed E-state index contributed by atoms with van der Waals surface area (Å²) < 4.78 is 47.3. The molecule has 0 aliphatic carbocycles. The van der Waals surface area contributed by atoms with Gasteiger partial charge in [0.1, 0.15) is 28.8 Å². The Morgan fingerprint density at radius 3 is 2.53 bits per heavy atom. The molecular formula is C25H20ClF3N2O3. The highest BCUT2D eigenvalue weighted by molar-refractivity contribution is 6.31. The number of hydrogen-bond donors (Lipinski definition) is 1. The summed E-state index contributed by atoms with van der Waals surface area (Å²) in [7, 11) is 0. The van der Waals surface area contributed by atoms with E-state index < -0.39 is 35.0 Å². The molecule has 4 rings (SSSR count). The van der Waals surface area contributed by atoms with Gasteiger partial charge in [0.05, 0.1) is 0 Å². The van der Waals surface area contributed by atoms with Crippen molar-refractivity contribution in [2.75, 3.05) is 5.32 Å².